The summed E-state index contributed by atoms with van der Waals surface area (Å²) >= 11 is 2.39. The highest BCUT2D eigenvalue weighted by atomic mass is 32.2. The summed E-state index contributed by atoms with van der Waals surface area (Å²) in [6.07, 6.45) is -4.27. The van der Waals surface area contributed by atoms with Crippen molar-refractivity contribution >= 4 is 33.8 Å². The van der Waals surface area contributed by atoms with E-state index < -0.39 is 41.7 Å². The molecule has 0 saturated carbocycles. The highest BCUT2D eigenvalue weighted by Crippen LogP contribution is 2.36. The minimum Gasteiger partial charge on any atom is -0.388 e. The first-order valence-corrected chi connectivity index (χ1v) is 17.9. The molecule has 18 nitrogen and oxygen atoms in total. The second-order valence-electron chi connectivity index (χ2n) is 12.8. The van der Waals surface area contributed by atoms with Gasteiger partial charge in [0.1, 0.15) is 67.1 Å². The number of aliphatic hydroxyl groups excluding tert-OH is 4. The Morgan fingerprint density at radius 2 is 0.918 bits per heavy atom. The number of fused-ring (bicyclic) bond motifs is 4. The molecule has 8 heterocycles. The molecule has 8 aliphatic rings. The monoisotopic (exact) mass is 743 g/mol. The number of carbonyl (C=O) groups excluding carboxylic acids is 2. The molecule has 0 aromatic carbocycles. The Morgan fingerprint density at radius 1 is 0.571 bits per heavy atom. The van der Waals surface area contributed by atoms with E-state index in [0.29, 0.717) is 32.3 Å². The molecule has 49 heavy (non-hydrogen) atoms. The average molecular weight is 744 g/mol. The summed E-state index contributed by atoms with van der Waals surface area (Å²) in [6, 6.07) is 0. The van der Waals surface area contributed by atoms with Gasteiger partial charge in [-0.1, -0.05) is 30.4 Å². The van der Waals surface area contributed by atoms with Gasteiger partial charge in [0.05, 0.1) is 69.5 Å². The predicted molar refractivity (Wildman–Crippen MR) is 167 cm³/mol. The van der Waals surface area contributed by atoms with Crippen molar-refractivity contribution in [2.45, 2.75) is 111 Å². The Bertz CT molecular complexity index is 1050. The number of nitrogens with zero attached hydrogens (tertiary/aromatic N) is 1. The lowest BCUT2D eigenvalue weighted by Crippen LogP contribution is -2.33. The van der Waals surface area contributed by atoms with Crippen LogP contribution < -0.4 is 0 Å². The third-order valence-corrected chi connectivity index (χ3v) is 11.2. The van der Waals surface area contributed by atoms with E-state index in [1.807, 2.05) is 0 Å². The Morgan fingerprint density at radius 3 is 1.39 bits per heavy atom. The van der Waals surface area contributed by atoms with Gasteiger partial charge in [0.25, 0.3) is 5.09 Å². The number of aliphatic hydroxyl groups is 4. The van der Waals surface area contributed by atoms with Gasteiger partial charge in [-0.2, -0.15) is 0 Å². The molecule has 280 valence electrons. The van der Waals surface area contributed by atoms with Crippen molar-refractivity contribution in [3.8, 4) is 0 Å². The van der Waals surface area contributed by atoms with Crippen molar-refractivity contribution in [1.82, 2.24) is 0 Å². The Balaban J connectivity index is 0.000000130. The summed E-state index contributed by atoms with van der Waals surface area (Å²) < 4.78 is 42.3. The summed E-state index contributed by atoms with van der Waals surface area (Å²) in [6.45, 7) is 8.14. The van der Waals surface area contributed by atoms with E-state index in [2.05, 4.69) is 11.8 Å². The van der Waals surface area contributed by atoms with Crippen molar-refractivity contribution in [2.75, 3.05) is 52.9 Å². The van der Waals surface area contributed by atoms with Crippen LogP contribution in [0.25, 0.3) is 0 Å². The van der Waals surface area contributed by atoms with Crippen LogP contribution in [0.15, 0.2) is 0 Å². The maximum atomic E-state index is 11.0. The molecular formula is C29H45NO17S2. The third kappa shape index (κ3) is 9.60. The van der Waals surface area contributed by atoms with Gasteiger partial charge in [-0.15, -0.1) is 10.1 Å². The molecule has 8 saturated heterocycles. The number of carbonyl (C=O) groups is 2. The van der Waals surface area contributed by atoms with Crippen LogP contribution in [0, 0.1) is 16.0 Å². The van der Waals surface area contributed by atoms with Crippen LogP contribution in [0.3, 0.4) is 0 Å². The molecule has 0 aliphatic carbocycles. The van der Waals surface area contributed by atoms with Gasteiger partial charge in [0, 0.05) is 19.8 Å². The van der Waals surface area contributed by atoms with Crippen LogP contribution in [0.5, 0.6) is 0 Å². The lowest BCUT2D eigenvalue weighted by Gasteiger charge is -2.14. The van der Waals surface area contributed by atoms with Gasteiger partial charge in [0.15, 0.2) is 16.3 Å². The zero-order valence-electron chi connectivity index (χ0n) is 27.3. The lowest BCUT2D eigenvalue weighted by atomic mass is 10.0. The molecule has 8 aliphatic heterocycles. The van der Waals surface area contributed by atoms with E-state index in [1.165, 1.54) is 25.6 Å². The molecular weight excluding hydrogens is 698 g/mol. The molecule has 0 unspecified atom stereocenters. The molecule has 8 rings (SSSR count). The maximum absolute atomic E-state index is 11.0. The largest absolute Gasteiger partial charge is 0.388 e. The van der Waals surface area contributed by atoms with E-state index in [9.17, 15) is 29.9 Å². The molecule has 4 N–H and O–H groups in total. The molecule has 0 aromatic heterocycles. The normalized spacial score (nSPS) is 45.4. The SMILES string of the molecule is CC(=O)S[C@H]1CO[C@H]2[C@@H]1OC[C@H]2O.CC(=O)S[C@H]1CO[C@H]2[C@@H]1OC[C@H]2O[N+](=O)[O-].C[C@@H]1CO[C@H]2[C@@H]1OC[C@H]2O.O[C@@H]1CO[C@H]2[C@@H]1OC[C@H]2O. The molecule has 16 atom stereocenters. The molecule has 0 bridgehead atoms. The first kappa shape index (κ1) is 39.0. The van der Waals surface area contributed by atoms with Crippen LogP contribution in [-0.2, 0) is 52.3 Å². The Hall–Kier alpha value is -1.24. The summed E-state index contributed by atoms with van der Waals surface area (Å²) in [5.74, 6) is 0.446. The van der Waals surface area contributed by atoms with Crippen molar-refractivity contribution in [2.24, 2.45) is 5.92 Å². The Labute approximate surface area is 290 Å². The Kier molecular flexibility index (Phi) is 13.9. The van der Waals surface area contributed by atoms with Crippen LogP contribution >= 0.6 is 23.5 Å². The van der Waals surface area contributed by atoms with E-state index in [4.69, 9.17) is 48.1 Å². The van der Waals surface area contributed by atoms with Crippen molar-refractivity contribution in [1.29, 1.82) is 0 Å². The molecule has 8 fully saturated rings. The quantitative estimate of drug-likeness (QED) is 0.181. The fraction of sp³-hybridized carbons (Fsp3) is 0.931. The fourth-order valence-electron chi connectivity index (χ4n) is 6.83. The summed E-state index contributed by atoms with van der Waals surface area (Å²) in [5.41, 5.74) is 0. The van der Waals surface area contributed by atoms with Gasteiger partial charge in [-0.25, -0.2) is 0 Å². The fourth-order valence-corrected chi connectivity index (χ4v) is 8.71. The highest BCUT2D eigenvalue weighted by Gasteiger charge is 2.51. The van der Waals surface area contributed by atoms with E-state index in [0.717, 1.165) is 18.4 Å². The zero-order valence-corrected chi connectivity index (χ0v) is 28.9. The molecule has 0 spiro atoms. The minimum absolute atomic E-state index is 0.0171. The number of rotatable bonds is 4. The average Bonchev–Trinajstić information content (AvgIpc) is 3.88. The van der Waals surface area contributed by atoms with Gasteiger partial charge < -0.3 is 63.2 Å². The summed E-state index contributed by atoms with van der Waals surface area (Å²) in [5, 5.41) is 46.4. The number of ether oxygens (including phenoxy) is 8. The van der Waals surface area contributed by atoms with Crippen LogP contribution in [-0.4, -0.2) is 178 Å². The zero-order chi connectivity index (χ0) is 35.4. The molecule has 0 aromatic rings. The van der Waals surface area contributed by atoms with Gasteiger partial charge in [0.2, 0.25) is 0 Å². The smallest absolute Gasteiger partial charge is 0.294 e. The van der Waals surface area contributed by atoms with E-state index in [-0.39, 0.29) is 83.3 Å². The molecule has 0 radical (unpaired) electrons. The summed E-state index contributed by atoms with van der Waals surface area (Å²) in [7, 11) is 0. The van der Waals surface area contributed by atoms with Crippen LogP contribution in [0.2, 0.25) is 0 Å². The second kappa shape index (κ2) is 17.5. The maximum Gasteiger partial charge on any atom is 0.294 e. The van der Waals surface area contributed by atoms with Crippen molar-refractivity contribution in [3.63, 3.8) is 0 Å². The third-order valence-electron chi connectivity index (χ3n) is 9.08. The van der Waals surface area contributed by atoms with Crippen LogP contribution in [0.4, 0.5) is 0 Å². The van der Waals surface area contributed by atoms with Crippen molar-refractivity contribution < 1.29 is 77.8 Å². The molecule has 20 heteroatoms. The van der Waals surface area contributed by atoms with E-state index in [1.54, 1.807) is 0 Å². The standard InChI is InChI=1S/C8H11NO6S.C8H12O4S.C7H12O3.C6H10O4/c1-4(10)16-6-3-14-7-5(15-9(11)12)2-13-8(6)7;1-4(9)13-6-3-12-7-5(10)2-11-8(6)7;1-4-2-9-7-5(8)3-10-6(4)7;7-3-1-9-6-4(8)2-10-5(3)6/h5-8H,2-3H2,1H3;5-8,10H,2-3H2,1H3;4-8H,2-3H2,1H3;3-8H,1-2H2/t2*5-,6+,7-,8-;4-,5-,6-,7-;3-,4-,5-,6-/m1111/s1. The van der Waals surface area contributed by atoms with Gasteiger partial charge in [-0.05, 0) is 0 Å². The van der Waals surface area contributed by atoms with E-state index >= 15 is 0 Å². The number of hydrogen-bond acceptors (Lipinski definition) is 19. The second-order valence-corrected chi connectivity index (χ2v) is 15.6. The first-order chi connectivity index (χ1) is 23.3. The number of thioether (sulfide) groups is 2. The number of hydrogen-bond donors (Lipinski definition) is 4. The first-order valence-electron chi connectivity index (χ1n) is 16.1. The molecule has 0 amide bonds. The van der Waals surface area contributed by atoms with Crippen LogP contribution in [0.1, 0.15) is 20.8 Å². The lowest BCUT2D eigenvalue weighted by molar-refractivity contribution is -0.769. The summed E-state index contributed by atoms with van der Waals surface area (Å²) in [4.78, 5) is 36.5. The van der Waals surface area contributed by atoms with Gasteiger partial charge >= 0.3 is 0 Å². The van der Waals surface area contributed by atoms with Gasteiger partial charge in [-0.3, -0.25) is 9.59 Å². The topological polar surface area (TPSA) is 241 Å². The van der Waals surface area contributed by atoms with Crippen molar-refractivity contribution in [3.05, 3.63) is 10.1 Å². The minimum atomic E-state index is -0.842. The highest BCUT2D eigenvalue weighted by molar-refractivity contribution is 8.14. The predicted octanol–water partition coefficient (Wildman–Crippen LogP) is -1.91.